The Kier molecular flexibility index (Phi) is 7.61. The van der Waals surface area contributed by atoms with Gasteiger partial charge >= 0.3 is 6.09 Å². The van der Waals surface area contributed by atoms with Gasteiger partial charge in [-0.2, -0.15) is 5.10 Å². The van der Waals surface area contributed by atoms with Crippen molar-refractivity contribution in [2.75, 3.05) is 12.4 Å². The molecule has 152 valence electrons. The molecule has 2 aromatic rings. The van der Waals surface area contributed by atoms with E-state index >= 15 is 0 Å². The molecule has 0 saturated carbocycles. The highest BCUT2D eigenvalue weighted by Crippen LogP contribution is 2.16. The second-order valence-corrected chi connectivity index (χ2v) is 7.32. The number of carbonyl (C=O) groups is 2. The molecule has 0 unspecified atom stereocenters. The van der Waals surface area contributed by atoms with Gasteiger partial charge in [0.05, 0.1) is 12.8 Å². The molecule has 0 bridgehead atoms. The van der Waals surface area contributed by atoms with E-state index in [0.29, 0.717) is 31.0 Å². The maximum Gasteiger partial charge on any atom is 0.411 e. The summed E-state index contributed by atoms with van der Waals surface area (Å²) >= 11 is 0. The number of aromatic nitrogens is 2. The highest BCUT2D eigenvalue weighted by atomic mass is 16.5. The van der Waals surface area contributed by atoms with Gasteiger partial charge in [-0.05, 0) is 49.4 Å². The topological polar surface area (TPSA) is 85.2 Å². The molecule has 1 aromatic heterocycles. The fourth-order valence-corrected chi connectivity index (χ4v) is 3.02. The van der Waals surface area contributed by atoms with Crippen molar-refractivity contribution in [3.8, 4) is 0 Å². The van der Waals surface area contributed by atoms with Gasteiger partial charge in [0.2, 0.25) is 5.91 Å². The number of hydrogen-bond acceptors (Lipinski definition) is 4. The lowest BCUT2D eigenvalue weighted by molar-refractivity contribution is -0.121. The Morgan fingerprint density at radius 3 is 2.46 bits per heavy atom. The van der Waals surface area contributed by atoms with Crippen molar-refractivity contribution in [1.29, 1.82) is 0 Å². The van der Waals surface area contributed by atoms with E-state index in [1.165, 1.54) is 7.11 Å². The molecule has 0 aliphatic carbocycles. The van der Waals surface area contributed by atoms with Gasteiger partial charge in [-0.1, -0.05) is 26.0 Å². The van der Waals surface area contributed by atoms with E-state index in [4.69, 9.17) is 0 Å². The van der Waals surface area contributed by atoms with Crippen LogP contribution in [0, 0.1) is 19.8 Å². The molecule has 0 fully saturated rings. The van der Waals surface area contributed by atoms with Crippen LogP contribution in [0.3, 0.4) is 0 Å². The lowest BCUT2D eigenvalue weighted by Gasteiger charge is -2.09. The molecule has 0 atom stereocenters. The molecule has 1 aromatic carbocycles. The van der Waals surface area contributed by atoms with Gasteiger partial charge in [0, 0.05) is 30.9 Å². The van der Waals surface area contributed by atoms with Gasteiger partial charge < -0.3 is 10.1 Å². The lowest BCUT2D eigenvalue weighted by Crippen LogP contribution is -2.23. The highest BCUT2D eigenvalue weighted by molar-refractivity contribution is 5.84. The molecule has 7 heteroatoms. The van der Waals surface area contributed by atoms with E-state index in [2.05, 4.69) is 41.2 Å². The fraction of sp³-hybridized carbons (Fsp3) is 0.476. The van der Waals surface area contributed by atoms with Crippen LogP contribution in [0.1, 0.15) is 42.8 Å². The van der Waals surface area contributed by atoms with Crippen LogP contribution in [0.25, 0.3) is 0 Å². The number of methoxy groups -OCH3 is 1. The molecule has 0 aliphatic rings. The first-order chi connectivity index (χ1) is 13.3. The van der Waals surface area contributed by atoms with Gasteiger partial charge in [0.1, 0.15) is 0 Å². The largest absolute Gasteiger partial charge is 0.453 e. The number of carbonyl (C=O) groups excluding carboxylic acids is 2. The van der Waals surface area contributed by atoms with Crippen molar-refractivity contribution >= 4 is 17.7 Å². The van der Waals surface area contributed by atoms with Crippen LogP contribution in [0.15, 0.2) is 24.3 Å². The Hall–Kier alpha value is -2.83. The summed E-state index contributed by atoms with van der Waals surface area (Å²) in [5.74, 6) is 0.538. The molecule has 0 spiro atoms. The summed E-state index contributed by atoms with van der Waals surface area (Å²) in [6.45, 7) is 9.74. The van der Waals surface area contributed by atoms with Gasteiger partial charge in [-0.25, -0.2) is 4.79 Å². The van der Waals surface area contributed by atoms with Gasteiger partial charge in [-0.15, -0.1) is 0 Å². The average Bonchev–Trinajstić information content (AvgIpc) is 2.91. The van der Waals surface area contributed by atoms with Crippen LogP contribution >= 0.6 is 0 Å². The molecule has 28 heavy (non-hydrogen) atoms. The molecular formula is C21H30N4O3. The summed E-state index contributed by atoms with van der Waals surface area (Å²) in [4.78, 5) is 23.4. The number of nitrogens with zero attached hydrogens (tertiary/aromatic N) is 2. The maximum atomic E-state index is 12.2. The van der Waals surface area contributed by atoms with E-state index < -0.39 is 6.09 Å². The molecule has 2 amide bonds. The quantitative estimate of drug-likeness (QED) is 0.726. The average molecular weight is 386 g/mol. The SMILES string of the molecule is COC(=O)Nc1ccc(CNC(=O)CCc2c(C)nn(CC(C)C)c2C)cc1. The first kappa shape index (κ1) is 21.5. The van der Waals surface area contributed by atoms with E-state index in [1.807, 2.05) is 23.7 Å². The molecule has 0 radical (unpaired) electrons. The lowest BCUT2D eigenvalue weighted by atomic mass is 10.1. The first-order valence-corrected chi connectivity index (χ1v) is 9.53. The van der Waals surface area contributed by atoms with Crippen LogP contribution in [0.5, 0.6) is 0 Å². The third-order valence-electron chi connectivity index (χ3n) is 4.55. The summed E-state index contributed by atoms with van der Waals surface area (Å²) in [6.07, 6.45) is 0.601. The van der Waals surface area contributed by atoms with Crippen molar-refractivity contribution in [3.05, 3.63) is 46.8 Å². The smallest absolute Gasteiger partial charge is 0.411 e. The minimum atomic E-state index is -0.511. The number of nitrogens with one attached hydrogen (secondary N) is 2. The number of ether oxygens (including phenoxy) is 1. The number of amides is 2. The molecule has 2 rings (SSSR count). The number of rotatable bonds is 8. The summed E-state index contributed by atoms with van der Waals surface area (Å²) in [7, 11) is 1.32. The first-order valence-electron chi connectivity index (χ1n) is 9.53. The Morgan fingerprint density at radius 1 is 1.18 bits per heavy atom. The van der Waals surface area contributed by atoms with E-state index in [0.717, 1.165) is 29.1 Å². The number of hydrogen-bond donors (Lipinski definition) is 2. The molecule has 7 nitrogen and oxygen atoms in total. The highest BCUT2D eigenvalue weighted by Gasteiger charge is 2.13. The molecule has 2 N–H and O–H groups in total. The van der Waals surface area contributed by atoms with Crippen molar-refractivity contribution in [2.45, 2.75) is 53.6 Å². The Labute approximate surface area is 166 Å². The van der Waals surface area contributed by atoms with Gasteiger partial charge in [0.15, 0.2) is 0 Å². The van der Waals surface area contributed by atoms with E-state index in [1.54, 1.807) is 12.1 Å². The number of anilines is 1. The van der Waals surface area contributed by atoms with Gasteiger partial charge in [0.25, 0.3) is 0 Å². The standard InChI is InChI=1S/C21H30N4O3/c1-14(2)13-25-16(4)19(15(3)24-25)10-11-20(26)22-12-17-6-8-18(9-7-17)23-21(27)28-5/h6-9,14H,10-13H2,1-5H3,(H,22,26)(H,23,27). The zero-order chi connectivity index (χ0) is 20.7. The fourth-order valence-electron chi connectivity index (χ4n) is 3.02. The third-order valence-corrected chi connectivity index (χ3v) is 4.55. The number of benzene rings is 1. The zero-order valence-corrected chi connectivity index (χ0v) is 17.3. The minimum absolute atomic E-state index is 0.00664. The second kappa shape index (κ2) is 9.92. The molecular weight excluding hydrogens is 356 g/mol. The Bertz CT molecular complexity index is 810. The van der Waals surface area contributed by atoms with Crippen LogP contribution in [0.4, 0.5) is 10.5 Å². The zero-order valence-electron chi connectivity index (χ0n) is 17.3. The van der Waals surface area contributed by atoms with Crippen LogP contribution in [0.2, 0.25) is 0 Å². The van der Waals surface area contributed by atoms with Crippen LogP contribution in [-0.4, -0.2) is 28.9 Å². The van der Waals surface area contributed by atoms with Crippen molar-refractivity contribution in [3.63, 3.8) is 0 Å². The summed E-state index contributed by atoms with van der Waals surface area (Å²) in [5.41, 5.74) is 4.91. The third kappa shape index (κ3) is 6.11. The molecule has 0 aliphatic heterocycles. The Morgan fingerprint density at radius 2 is 1.86 bits per heavy atom. The number of aryl methyl sites for hydroxylation is 1. The van der Waals surface area contributed by atoms with Crippen molar-refractivity contribution in [1.82, 2.24) is 15.1 Å². The predicted molar refractivity (Wildman–Crippen MR) is 109 cm³/mol. The summed E-state index contributed by atoms with van der Waals surface area (Å²) in [5, 5.41) is 10.1. The normalized spacial score (nSPS) is 10.8. The minimum Gasteiger partial charge on any atom is -0.453 e. The monoisotopic (exact) mass is 386 g/mol. The summed E-state index contributed by atoms with van der Waals surface area (Å²) in [6, 6.07) is 7.26. The second-order valence-electron chi connectivity index (χ2n) is 7.32. The van der Waals surface area contributed by atoms with Crippen LogP contribution in [-0.2, 0) is 29.0 Å². The van der Waals surface area contributed by atoms with E-state index in [9.17, 15) is 9.59 Å². The van der Waals surface area contributed by atoms with Crippen molar-refractivity contribution < 1.29 is 14.3 Å². The van der Waals surface area contributed by atoms with E-state index in [-0.39, 0.29) is 5.91 Å². The molecule has 0 saturated heterocycles. The maximum absolute atomic E-state index is 12.2. The van der Waals surface area contributed by atoms with Crippen molar-refractivity contribution in [2.24, 2.45) is 5.92 Å². The van der Waals surface area contributed by atoms with Crippen LogP contribution < -0.4 is 10.6 Å². The summed E-state index contributed by atoms with van der Waals surface area (Å²) < 4.78 is 6.59. The van der Waals surface area contributed by atoms with Gasteiger partial charge in [-0.3, -0.25) is 14.8 Å². The Balaban J connectivity index is 1.83. The molecule has 1 heterocycles. The predicted octanol–water partition coefficient (Wildman–Crippen LogP) is 3.58.